The first-order valence-electron chi connectivity index (χ1n) is 6.44. The van der Waals surface area contributed by atoms with Crippen LogP contribution in [0.2, 0.25) is 0 Å². The molecular formula is C15H12N2O2S2. The van der Waals surface area contributed by atoms with Gasteiger partial charge in [-0.3, -0.25) is 4.79 Å². The summed E-state index contributed by atoms with van der Waals surface area (Å²) >= 11 is 2.79. The molecule has 4 nitrogen and oxygen atoms in total. The lowest BCUT2D eigenvalue weighted by atomic mass is 10.3. The number of benzene rings is 1. The summed E-state index contributed by atoms with van der Waals surface area (Å²) in [6.45, 7) is 0.610. The Hall–Kier alpha value is -1.97. The molecule has 1 fully saturated rings. The molecule has 1 aliphatic heterocycles. The summed E-state index contributed by atoms with van der Waals surface area (Å²) in [7, 11) is 0. The lowest BCUT2D eigenvalue weighted by Crippen LogP contribution is -2.27. The number of rotatable bonds is 3. The van der Waals surface area contributed by atoms with E-state index in [0.717, 1.165) is 5.00 Å². The summed E-state index contributed by atoms with van der Waals surface area (Å²) in [5.41, 5.74) is 0.543. The fourth-order valence-corrected chi connectivity index (χ4v) is 4.26. The lowest BCUT2D eigenvalue weighted by Gasteiger charge is -2.15. The minimum Gasteiger partial charge on any atom is -0.507 e. The van der Waals surface area contributed by atoms with Gasteiger partial charge in [0.1, 0.15) is 16.8 Å². The zero-order chi connectivity index (χ0) is 14.8. The second-order valence-corrected chi connectivity index (χ2v) is 6.74. The SMILES string of the molecule is N#Cc1ccsc1N1CC[C@@H](Sc2ccccc2O)C1=O. The van der Waals surface area contributed by atoms with E-state index in [-0.39, 0.29) is 16.9 Å². The molecule has 3 rings (SSSR count). The Kier molecular flexibility index (Phi) is 3.86. The minimum absolute atomic E-state index is 0.00204. The molecule has 106 valence electrons. The lowest BCUT2D eigenvalue weighted by molar-refractivity contribution is -0.116. The van der Waals surface area contributed by atoms with Crippen LogP contribution in [0.1, 0.15) is 12.0 Å². The van der Waals surface area contributed by atoms with Crippen LogP contribution in [0, 0.1) is 11.3 Å². The van der Waals surface area contributed by atoms with Crippen molar-refractivity contribution >= 4 is 34.0 Å². The van der Waals surface area contributed by atoms with E-state index in [1.165, 1.54) is 23.1 Å². The fraction of sp³-hybridized carbons (Fsp3) is 0.200. The van der Waals surface area contributed by atoms with Gasteiger partial charge in [-0.05, 0) is 30.0 Å². The molecule has 1 atom stereocenters. The van der Waals surface area contributed by atoms with Crippen molar-refractivity contribution in [3.05, 3.63) is 41.3 Å². The molecule has 0 unspecified atom stereocenters. The van der Waals surface area contributed by atoms with Crippen LogP contribution in [0.5, 0.6) is 5.75 Å². The monoisotopic (exact) mass is 316 g/mol. The van der Waals surface area contributed by atoms with Gasteiger partial charge in [-0.2, -0.15) is 5.26 Å². The number of hydrogen-bond donors (Lipinski definition) is 1. The van der Waals surface area contributed by atoms with Gasteiger partial charge in [-0.1, -0.05) is 12.1 Å². The van der Waals surface area contributed by atoms with Crippen LogP contribution in [0.15, 0.2) is 40.6 Å². The summed E-state index contributed by atoms with van der Waals surface area (Å²) in [4.78, 5) is 14.9. The Balaban J connectivity index is 1.79. The molecule has 0 spiro atoms. The number of amides is 1. The average molecular weight is 316 g/mol. The van der Waals surface area contributed by atoms with E-state index >= 15 is 0 Å². The molecular weight excluding hydrogens is 304 g/mol. The number of thiophene rings is 1. The van der Waals surface area contributed by atoms with E-state index in [9.17, 15) is 9.90 Å². The Morgan fingerprint density at radius 3 is 2.95 bits per heavy atom. The third-order valence-electron chi connectivity index (χ3n) is 3.30. The van der Waals surface area contributed by atoms with Crippen molar-refractivity contribution in [3.63, 3.8) is 0 Å². The standard InChI is InChI=1S/C15H12N2O2S2/c16-9-10-6-8-20-15(10)17-7-5-13(14(17)19)21-12-4-2-1-3-11(12)18/h1-4,6,8,13,18H,5,7H2/t13-/m1/s1. The van der Waals surface area contributed by atoms with E-state index in [4.69, 9.17) is 5.26 Å². The Labute approximate surface area is 130 Å². The van der Waals surface area contributed by atoms with Crippen LogP contribution in [-0.2, 0) is 4.79 Å². The number of phenolic OH excluding ortho intramolecular Hbond substituents is 1. The quantitative estimate of drug-likeness (QED) is 0.944. The maximum atomic E-state index is 12.5. The maximum absolute atomic E-state index is 12.5. The highest BCUT2D eigenvalue weighted by atomic mass is 32.2. The number of aromatic hydroxyl groups is 1. The molecule has 0 aliphatic carbocycles. The Morgan fingerprint density at radius 1 is 1.38 bits per heavy atom. The maximum Gasteiger partial charge on any atom is 0.241 e. The van der Waals surface area contributed by atoms with E-state index in [1.54, 1.807) is 23.1 Å². The van der Waals surface area contributed by atoms with E-state index in [0.29, 0.717) is 23.4 Å². The summed E-state index contributed by atoms with van der Waals surface area (Å²) in [6, 6.07) is 10.9. The number of hydrogen-bond acceptors (Lipinski definition) is 5. The zero-order valence-corrected chi connectivity index (χ0v) is 12.7. The molecule has 0 saturated carbocycles. The summed E-state index contributed by atoms with van der Waals surface area (Å²) in [6.07, 6.45) is 0.709. The topological polar surface area (TPSA) is 64.3 Å². The molecule has 0 radical (unpaired) electrons. The molecule has 0 bridgehead atoms. The highest BCUT2D eigenvalue weighted by molar-refractivity contribution is 8.00. The van der Waals surface area contributed by atoms with Gasteiger partial charge in [-0.15, -0.1) is 23.1 Å². The van der Waals surface area contributed by atoms with Crippen molar-refractivity contribution in [1.29, 1.82) is 5.26 Å². The van der Waals surface area contributed by atoms with Gasteiger partial charge in [0.15, 0.2) is 0 Å². The van der Waals surface area contributed by atoms with Gasteiger partial charge in [0, 0.05) is 11.4 Å². The van der Waals surface area contributed by atoms with E-state index < -0.39 is 0 Å². The van der Waals surface area contributed by atoms with Crippen LogP contribution in [-0.4, -0.2) is 22.8 Å². The molecule has 21 heavy (non-hydrogen) atoms. The van der Waals surface area contributed by atoms with Gasteiger partial charge < -0.3 is 10.0 Å². The second-order valence-electron chi connectivity index (χ2n) is 4.60. The van der Waals surface area contributed by atoms with Crippen molar-refractivity contribution < 1.29 is 9.90 Å². The number of phenols is 1. The average Bonchev–Trinajstić information content (AvgIpc) is 3.08. The van der Waals surface area contributed by atoms with Crippen molar-refractivity contribution in [2.24, 2.45) is 0 Å². The summed E-state index contributed by atoms with van der Waals surface area (Å²) in [5, 5.41) is 21.2. The molecule has 1 aliphatic rings. The van der Waals surface area contributed by atoms with Gasteiger partial charge >= 0.3 is 0 Å². The molecule has 1 saturated heterocycles. The number of carbonyl (C=O) groups is 1. The normalized spacial score (nSPS) is 18.0. The van der Waals surface area contributed by atoms with Gasteiger partial charge in [0.05, 0.1) is 10.8 Å². The first-order valence-corrected chi connectivity index (χ1v) is 8.20. The van der Waals surface area contributed by atoms with Crippen molar-refractivity contribution in [2.45, 2.75) is 16.6 Å². The number of thioether (sulfide) groups is 1. The van der Waals surface area contributed by atoms with Crippen LogP contribution < -0.4 is 4.90 Å². The van der Waals surface area contributed by atoms with Crippen molar-refractivity contribution in [1.82, 2.24) is 0 Å². The summed E-state index contributed by atoms with van der Waals surface area (Å²) < 4.78 is 0. The summed E-state index contributed by atoms with van der Waals surface area (Å²) in [5.74, 6) is 0.199. The molecule has 2 aromatic rings. The number of anilines is 1. The molecule has 1 aromatic carbocycles. The molecule has 1 aromatic heterocycles. The van der Waals surface area contributed by atoms with Crippen LogP contribution >= 0.6 is 23.1 Å². The van der Waals surface area contributed by atoms with Gasteiger partial charge in [-0.25, -0.2) is 0 Å². The predicted molar refractivity (Wildman–Crippen MR) is 83.8 cm³/mol. The molecule has 6 heteroatoms. The third-order valence-corrected chi connectivity index (χ3v) is 5.56. The molecule has 1 N–H and O–H groups in total. The zero-order valence-electron chi connectivity index (χ0n) is 11.0. The first-order chi connectivity index (χ1) is 10.2. The van der Waals surface area contributed by atoms with E-state index in [2.05, 4.69) is 6.07 Å². The van der Waals surface area contributed by atoms with Crippen LogP contribution in [0.25, 0.3) is 0 Å². The fourth-order valence-electron chi connectivity index (χ4n) is 2.27. The highest BCUT2D eigenvalue weighted by Gasteiger charge is 2.35. The molecule has 2 heterocycles. The van der Waals surface area contributed by atoms with Gasteiger partial charge in [0.2, 0.25) is 5.91 Å². The van der Waals surface area contributed by atoms with Crippen LogP contribution in [0.4, 0.5) is 5.00 Å². The van der Waals surface area contributed by atoms with Crippen LogP contribution in [0.3, 0.4) is 0 Å². The smallest absolute Gasteiger partial charge is 0.241 e. The first kappa shape index (κ1) is 14.0. The highest BCUT2D eigenvalue weighted by Crippen LogP contribution is 2.38. The minimum atomic E-state index is -0.216. The van der Waals surface area contributed by atoms with E-state index in [1.807, 2.05) is 17.5 Å². The number of carbonyl (C=O) groups excluding carboxylic acids is 1. The number of nitriles is 1. The Morgan fingerprint density at radius 2 is 2.19 bits per heavy atom. The third kappa shape index (κ3) is 2.62. The second kappa shape index (κ2) is 5.80. The number of nitrogens with zero attached hydrogens (tertiary/aromatic N) is 2. The molecule has 1 amide bonds. The van der Waals surface area contributed by atoms with Gasteiger partial charge in [0.25, 0.3) is 0 Å². The largest absolute Gasteiger partial charge is 0.507 e. The van der Waals surface area contributed by atoms with Crippen molar-refractivity contribution in [2.75, 3.05) is 11.4 Å². The van der Waals surface area contributed by atoms with Crippen molar-refractivity contribution in [3.8, 4) is 11.8 Å². The number of para-hydroxylation sites is 1. The Bertz CT molecular complexity index is 720. The predicted octanol–water partition coefficient (Wildman–Crippen LogP) is 3.22.